The summed E-state index contributed by atoms with van der Waals surface area (Å²) in [4.78, 5) is 11.3. The van der Waals surface area contributed by atoms with Crippen molar-refractivity contribution in [3.8, 4) is 0 Å². The van der Waals surface area contributed by atoms with Gasteiger partial charge in [0.25, 0.3) is 0 Å². The molecule has 1 rings (SSSR count). The lowest BCUT2D eigenvalue weighted by Gasteiger charge is -2.16. The molecular weight excluding hydrogens is 180 g/mol. The van der Waals surface area contributed by atoms with Crippen molar-refractivity contribution in [2.24, 2.45) is 0 Å². The van der Waals surface area contributed by atoms with Crippen LogP contribution >= 0.6 is 0 Å². The molecular formula is C11H18O3. The van der Waals surface area contributed by atoms with Crippen LogP contribution in [0.5, 0.6) is 0 Å². The monoisotopic (exact) mass is 198 g/mol. The molecule has 3 heteroatoms. The Morgan fingerprint density at radius 1 is 1.36 bits per heavy atom. The van der Waals surface area contributed by atoms with E-state index in [0.29, 0.717) is 6.42 Å². The quantitative estimate of drug-likeness (QED) is 0.651. The number of hydrogen-bond donors (Lipinski definition) is 0. The molecule has 0 aliphatic carbocycles. The fourth-order valence-corrected chi connectivity index (χ4v) is 1.67. The first-order valence-electron chi connectivity index (χ1n) is 4.82. The molecule has 1 fully saturated rings. The molecule has 0 bridgehead atoms. The van der Waals surface area contributed by atoms with Crippen LogP contribution in [0.15, 0.2) is 12.2 Å². The molecule has 0 aromatic heterocycles. The maximum atomic E-state index is 11.3. The molecule has 80 valence electrons. The number of hydrogen-bond acceptors (Lipinski definition) is 3. The van der Waals surface area contributed by atoms with E-state index in [1.165, 1.54) is 6.92 Å². The average Bonchev–Trinajstić information content (AvgIpc) is 2.24. The standard InChI is InChI=1S/C11H18O3/c1-7(2)6-9-10(8(3)12)14-11(4,5)13-9/h9-10H,1,6H2,2-5H3/t9-,10-/m0/s1. The minimum atomic E-state index is -0.656. The van der Waals surface area contributed by atoms with Gasteiger partial charge in [-0.2, -0.15) is 0 Å². The van der Waals surface area contributed by atoms with E-state index < -0.39 is 11.9 Å². The van der Waals surface area contributed by atoms with Gasteiger partial charge >= 0.3 is 0 Å². The Hall–Kier alpha value is -0.670. The van der Waals surface area contributed by atoms with Gasteiger partial charge in [-0.05, 0) is 34.1 Å². The summed E-state index contributed by atoms with van der Waals surface area (Å²) in [7, 11) is 0. The highest BCUT2D eigenvalue weighted by Crippen LogP contribution is 2.31. The molecule has 3 nitrogen and oxygen atoms in total. The number of Topliss-reactive ketones (excluding diaryl/α,β-unsaturated/α-hetero) is 1. The van der Waals surface area contributed by atoms with Gasteiger partial charge in [-0.3, -0.25) is 4.79 Å². The Morgan fingerprint density at radius 3 is 2.36 bits per heavy atom. The van der Waals surface area contributed by atoms with E-state index >= 15 is 0 Å². The second-order valence-electron chi connectivity index (χ2n) is 4.37. The topological polar surface area (TPSA) is 35.5 Å². The smallest absolute Gasteiger partial charge is 0.164 e. The van der Waals surface area contributed by atoms with Gasteiger partial charge < -0.3 is 9.47 Å². The molecule has 0 spiro atoms. The van der Waals surface area contributed by atoms with Crippen LogP contribution in [0.4, 0.5) is 0 Å². The van der Waals surface area contributed by atoms with Crippen molar-refractivity contribution in [2.45, 2.75) is 52.1 Å². The number of ether oxygens (including phenoxy) is 2. The third kappa shape index (κ3) is 2.66. The molecule has 0 radical (unpaired) electrons. The molecule has 0 amide bonds. The van der Waals surface area contributed by atoms with Crippen molar-refractivity contribution in [1.29, 1.82) is 0 Å². The lowest BCUT2D eigenvalue weighted by atomic mass is 10.0. The Bertz CT molecular complexity index is 255. The molecule has 1 heterocycles. The van der Waals surface area contributed by atoms with Crippen molar-refractivity contribution >= 4 is 5.78 Å². The van der Waals surface area contributed by atoms with Gasteiger partial charge in [-0.25, -0.2) is 0 Å². The van der Waals surface area contributed by atoms with E-state index in [0.717, 1.165) is 5.57 Å². The summed E-state index contributed by atoms with van der Waals surface area (Å²) in [5.74, 6) is -0.641. The molecule has 0 aromatic carbocycles. The number of rotatable bonds is 3. The largest absolute Gasteiger partial charge is 0.344 e. The number of ketones is 1. The molecule has 1 aliphatic rings. The zero-order valence-corrected chi connectivity index (χ0v) is 9.29. The van der Waals surface area contributed by atoms with Crippen LogP contribution < -0.4 is 0 Å². The predicted molar refractivity (Wildman–Crippen MR) is 53.9 cm³/mol. The zero-order valence-electron chi connectivity index (χ0n) is 9.29. The van der Waals surface area contributed by atoms with Crippen LogP contribution in [0.25, 0.3) is 0 Å². The maximum absolute atomic E-state index is 11.3. The predicted octanol–water partition coefficient (Wildman–Crippen LogP) is 2.06. The van der Waals surface area contributed by atoms with Gasteiger partial charge in [0.2, 0.25) is 0 Å². The van der Waals surface area contributed by atoms with Gasteiger partial charge in [0.1, 0.15) is 6.10 Å². The van der Waals surface area contributed by atoms with Crippen LogP contribution in [0, 0.1) is 0 Å². The third-order valence-corrected chi connectivity index (χ3v) is 2.13. The summed E-state index contributed by atoms with van der Waals surface area (Å²) < 4.78 is 11.1. The third-order valence-electron chi connectivity index (χ3n) is 2.13. The molecule has 1 saturated heterocycles. The SMILES string of the molecule is C=C(C)C[C@@H]1OC(C)(C)O[C@H]1C(C)=O. The second-order valence-corrected chi connectivity index (χ2v) is 4.37. The molecule has 2 atom stereocenters. The highest BCUT2D eigenvalue weighted by molar-refractivity contribution is 5.81. The summed E-state index contributed by atoms with van der Waals surface area (Å²) >= 11 is 0. The maximum Gasteiger partial charge on any atom is 0.164 e. The van der Waals surface area contributed by atoms with E-state index in [-0.39, 0.29) is 11.9 Å². The zero-order chi connectivity index (χ0) is 10.9. The lowest BCUT2D eigenvalue weighted by molar-refractivity contribution is -0.153. The first-order chi connectivity index (χ1) is 6.32. The average molecular weight is 198 g/mol. The van der Waals surface area contributed by atoms with Crippen LogP contribution in [-0.4, -0.2) is 23.8 Å². The fraction of sp³-hybridized carbons (Fsp3) is 0.727. The van der Waals surface area contributed by atoms with E-state index in [1.54, 1.807) is 0 Å². The van der Waals surface area contributed by atoms with Crippen LogP contribution in [-0.2, 0) is 14.3 Å². The normalized spacial score (nSPS) is 30.3. The van der Waals surface area contributed by atoms with Gasteiger partial charge in [-0.1, -0.05) is 5.57 Å². The fourth-order valence-electron chi connectivity index (χ4n) is 1.67. The minimum Gasteiger partial charge on any atom is -0.344 e. The first-order valence-corrected chi connectivity index (χ1v) is 4.82. The molecule has 14 heavy (non-hydrogen) atoms. The Kier molecular flexibility index (Phi) is 3.12. The van der Waals surface area contributed by atoms with Crippen LogP contribution in [0.1, 0.15) is 34.1 Å². The number of carbonyl (C=O) groups excluding carboxylic acids is 1. The van der Waals surface area contributed by atoms with Gasteiger partial charge in [-0.15, -0.1) is 6.58 Å². The Labute approximate surface area is 85.1 Å². The van der Waals surface area contributed by atoms with Crippen molar-refractivity contribution in [1.82, 2.24) is 0 Å². The van der Waals surface area contributed by atoms with Gasteiger partial charge in [0.15, 0.2) is 11.6 Å². The van der Waals surface area contributed by atoms with Crippen LogP contribution in [0.3, 0.4) is 0 Å². The van der Waals surface area contributed by atoms with E-state index in [4.69, 9.17) is 9.47 Å². The van der Waals surface area contributed by atoms with Crippen molar-refractivity contribution in [3.63, 3.8) is 0 Å². The summed E-state index contributed by atoms with van der Waals surface area (Å²) in [5, 5.41) is 0. The van der Waals surface area contributed by atoms with Gasteiger partial charge in [0, 0.05) is 0 Å². The van der Waals surface area contributed by atoms with Crippen molar-refractivity contribution in [2.75, 3.05) is 0 Å². The highest BCUT2D eigenvalue weighted by Gasteiger charge is 2.43. The second kappa shape index (κ2) is 3.83. The number of carbonyl (C=O) groups is 1. The van der Waals surface area contributed by atoms with E-state index in [9.17, 15) is 4.79 Å². The highest BCUT2D eigenvalue weighted by atomic mass is 16.8. The van der Waals surface area contributed by atoms with Crippen LogP contribution in [0.2, 0.25) is 0 Å². The Balaban J connectivity index is 2.72. The minimum absolute atomic E-state index is 0.0156. The van der Waals surface area contributed by atoms with Crippen molar-refractivity contribution in [3.05, 3.63) is 12.2 Å². The lowest BCUT2D eigenvalue weighted by Crippen LogP contribution is -2.29. The molecule has 0 N–H and O–H groups in total. The Morgan fingerprint density at radius 2 is 1.93 bits per heavy atom. The summed E-state index contributed by atoms with van der Waals surface area (Å²) in [6, 6.07) is 0. The van der Waals surface area contributed by atoms with Crippen molar-refractivity contribution < 1.29 is 14.3 Å². The molecule has 0 saturated carbocycles. The summed E-state index contributed by atoms with van der Waals surface area (Å²) in [6.45, 7) is 10.9. The van der Waals surface area contributed by atoms with Gasteiger partial charge in [0.05, 0.1) is 6.10 Å². The molecule has 0 unspecified atom stereocenters. The molecule has 1 aliphatic heterocycles. The van der Waals surface area contributed by atoms with E-state index in [1.807, 2.05) is 20.8 Å². The summed E-state index contributed by atoms with van der Waals surface area (Å²) in [6.07, 6.45) is 0.0509. The summed E-state index contributed by atoms with van der Waals surface area (Å²) in [5.41, 5.74) is 1.00. The first kappa shape index (κ1) is 11.4. The van der Waals surface area contributed by atoms with E-state index in [2.05, 4.69) is 6.58 Å². The molecule has 0 aromatic rings.